The Balaban J connectivity index is 2.83. The molecule has 2 N–H and O–H groups in total. The van der Waals surface area contributed by atoms with Crippen molar-refractivity contribution in [1.82, 2.24) is 0 Å². The molecule has 0 aliphatic carbocycles. The van der Waals surface area contributed by atoms with Crippen molar-refractivity contribution < 1.29 is 42.9 Å². The fourth-order valence-electron chi connectivity index (χ4n) is 2.49. The van der Waals surface area contributed by atoms with E-state index in [1.54, 1.807) is 6.07 Å². The number of carbonyl (C=O) groups is 4. The predicted octanol–water partition coefficient (Wildman–Crippen LogP) is 2.68. The topological polar surface area (TPSA) is 140 Å². The number of nitrogens with two attached hydrogens (primary N) is 1. The van der Waals surface area contributed by atoms with Gasteiger partial charge in [0.25, 0.3) is 0 Å². The van der Waals surface area contributed by atoms with E-state index in [9.17, 15) is 19.2 Å². The lowest BCUT2D eigenvalue weighted by Crippen LogP contribution is -2.36. The van der Waals surface area contributed by atoms with Crippen LogP contribution in [-0.2, 0) is 35.0 Å². The third-order valence-electron chi connectivity index (χ3n) is 4.05. The lowest BCUT2D eigenvalue weighted by atomic mass is 10.1. The maximum absolute atomic E-state index is 12.2. The number of hydrogen-bond donors (Lipinski definition) is 1. The molecule has 0 radical (unpaired) electrons. The first kappa shape index (κ1) is 26.9. The Morgan fingerprint density at radius 1 is 0.969 bits per heavy atom. The molecule has 0 saturated heterocycles. The molecule has 0 spiro atoms. The van der Waals surface area contributed by atoms with Crippen molar-refractivity contribution in [1.29, 1.82) is 0 Å². The summed E-state index contributed by atoms with van der Waals surface area (Å²) in [7, 11) is 1.17. The molecule has 0 bridgehead atoms. The van der Waals surface area contributed by atoms with E-state index in [0.29, 0.717) is 18.4 Å². The quantitative estimate of drug-likeness (QED) is 0.371. The number of ether oxygens (including phenoxy) is 5. The number of carbonyl (C=O) groups excluding carboxylic acids is 4. The second-order valence-electron chi connectivity index (χ2n) is 7.05. The highest BCUT2D eigenvalue weighted by atomic mass is 16.7. The van der Waals surface area contributed by atoms with Crippen LogP contribution in [0.1, 0.15) is 52.0 Å². The minimum Gasteiger partial charge on any atom is -0.461 e. The van der Waals surface area contributed by atoms with Gasteiger partial charge in [0, 0.05) is 12.8 Å². The van der Waals surface area contributed by atoms with Gasteiger partial charge < -0.3 is 29.4 Å². The summed E-state index contributed by atoms with van der Waals surface area (Å²) in [5.74, 6) is -1.43. The van der Waals surface area contributed by atoms with Crippen LogP contribution in [0, 0.1) is 0 Å². The zero-order valence-corrected chi connectivity index (χ0v) is 18.9. The molecule has 2 atom stereocenters. The zero-order chi connectivity index (χ0) is 24.1. The van der Waals surface area contributed by atoms with Gasteiger partial charge in [0.15, 0.2) is 11.5 Å². The molecule has 1 rings (SSSR count). The van der Waals surface area contributed by atoms with Crippen LogP contribution in [-0.4, -0.2) is 49.9 Å². The lowest BCUT2D eigenvalue weighted by Gasteiger charge is -2.16. The van der Waals surface area contributed by atoms with Gasteiger partial charge in [-0.2, -0.15) is 0 Å². The first-order chi connectivity index (χ1) is 15.2. The molecule has 0 aliphatic heterocycles. The molecule has 0 heterocycles. The fourth-order valence-corrected chi connectivity index (χ4v) is 2.49. The molecule has 178 valence electrons. The van der Waals surface area contributed by atoms with E-state index in [0.717, 1.165) is 0 Å². The maximum Gasteiger partial charge on any atom is 0.508 e. The molecule has 1 aromatic carbocycles. The zero-order valence-electron chi connectivity index (χ0n) is 18.9. The van der Waals surface area contributed by atoms with Crippen molar-refractivity contribution >= 4 is 24.1 Å². The fraction of sp³-hybridized carbons (Fsp3) is 0.545. The minimum atomic E-state index is -1.02. The Morgan fingerprint density at radius 2 is 1.56 bits per heavy atom. The van der Waals surface area contributed by atoms with Gasteiger partial charge in [-0.1, -0.05) is 19.9 Å². The Labute approximate surface area is 187 Å². The van der Waals surface area contributed by atoms with Crippen molar-refractivity contribution in [2.75, 3.05) is 13.7 Å². The van der Waals surface area contributed by atoms with Crippen molar-refractivity contribution in [3.63, 3.8) is 0 Å². The lowest BCUT2D eigenvalue weighted by molar-refractivity contribution is -0.148. The van der Waals surface area contributed by atoms with E-state index in [1.807, 2.05) is 13.8 Å². The minimum absolute atomic E-state index is 0.0751. The van der Waals surface area contributed by atoms with Crippen molar-refractivity contribution in [3.05, 3.63) is 23.8 Å². The van der Waals surface area contributed by atoms with E-state index in [2.05, 4.69) is 4.74 Å². The molecule has 0 amide bonds. The van der Waals surface area contributed by atoms with E-state index in [4.69, 9.17) is 24.7 Å². The summed E-state index contributed by atoms with van der Waals surface area (Å²) in [6, 6.07) is 3.58. The Morgan fingerprint density at radius 3 is 2.12 bits per heavy atom. The van der Waals surface area contributed by atoms with E-state index in [-0.39, 0.29) is 37.4 Å². The molecule has 0 aromatic heterocycles. The van der Waals surface area contributed by atoms with Crippen LogP contribution >= 0.6 is 0 Å². The second kappa shape index (κ2) is 14.0. The molecular weight excluding hydrogens is 422 g/mol. The van der Waals surface area contributed by atoms with Crippen molar-refractivity contribution in [3.8, 4) is 11.5 Å². The molecule has 0 saturated carbocycles. The molecule has 32 heavy (non-hydrogen) atoms. The molecule has 10 nitrogen and oxygen atoms in total. The van der Waals surface area contributed by atoms with Gasteiger partial charge >= 0.3 is 24.1 Å². The van der Waals surface area contributed by atoms with Crippen LogP contribution in [0.3, 0.4) is 0 Å². The monoisotopic (exact) mass is 453 g/mol. The van der Waals surface area contributed by atoms with Gasteiger partial charge in [-0.05, 0) is 43.9 Å². The summed E-state index contributed by atoms with van der Waals surface area (Å²) in [5, 5.41) is 0. The summed E-state index contributed by atoms with van der Waals surface area (Å²) in [6.07, 6.45) is 0.110. The number of methoxy groups -OCH3 is 1. The van der Waals surface area contributed by atoms with Gasteiger partial charge in [-0.3, -0.25) is 14.4 Å². The van der Waals surface area contributed by atoms with Gasteiger partial charge in [0.2, 0.25) is 0 Å². The summed E-state index contributed by atoms with van der Waals surface area (Å²) < 4.78 is 24.9. The van der Waals surface area contributed by atoms with Crippen LogP contribution in [0.5, 0.6) is 11.5 Å². The summed E-state index contributed by atoms with van der Waals surface area (Å²) in [4.78, 5) is 47.0. The standard InChI is InChI=1S/C22H31NO9/c1-5-7-19(24)31-17-10-9-15(12-18(17)32-20(25)8-6-2)11-16(23)21(26)29-13-14(3)30-22(27)28-4/h9-10,12,14,16H,5-8,11,13,23H2,1-4H3/t14-,16-/m0/s1. The molecule has 0 aliphatic rings. The van der Waals surface area contributed by atoms with E-state index in [1.165, 1.54) is 26.2 Å². The molecule has 0 fully saturated rings. The first-order valence-corrected chi connectivity index (χ1v) is 10.4. The van der Waals surface area contributed by atoms with Crippen LogP contribution in [0.25, 0.3) is 0 Å². The third kappa shape index (κ3) is 9.78. The highest BCUT2D eigenvalue weighted by Crippen LogP contribution is 2.30. The number of benzene rings is 1. The summed E-state index contributed by atoms with van der Waals surface area (Å²) >= 11 is 0. The van der Waals surface area contributed by atoms with Crippen molar-refractivity contribution in [2.24, 2.45) is 5.73 Å². The van der Waals surface area contributed by atoms with Gasteiger partial charge in [-0.25, -0.2) is 4.79 Å². The van der Waals surface area contributed by atoms with E-state index >= 15 is 0 Å². The summed E-state index contributed by atoms with van der Waals surface area (Å²) in [6.45, 7) is 5.02. The Bertz CT molecular complexity index is 794. The Hall–Kier alpha value is -3.14. The van der Waals surface area contributed by atoms with Crippen LogP contribution in [0.2, 0.25) is 0 Å². The first-order valence-electron chi connectivity index (χ1n) is 10.4. The molecule has 1 aromatic rings. The number of hydrogen-bond acceptors (Lipinski definition) is 10. The number of rotatable bonds is 12. The average Bonchev–Trinajstić information content (AvgIpc) is 2.74. The molecular formula is C22H31NO9. The molecule has 0 unspecified atom stereocenters. The van der Waals surface area contributed by atoms with Gasteiger partial charge in [0.05, 0.1) is 7.11 Å². The van der Waals surface area contributed by atoms with E-state index < -0.39 is 36.2 Å². The van der Waals surface area contributed by atoms with Crippen LogP contribution in [0.4, 0.5) is 4.79 Å². The third-order valence-corrected chi connectivity index (χ3v) is 4.05. The Kier molecular flexibility index (Phi) is 11.8. The highest BCUT2D eigenvalue weighted by molar-refractivity contribution is 5.77. The molecule has 10 heteroatoms. The maximum atomic E-state index is 12.2. The smallest absolute Gasteiger partial charge is 0.461 e. The van der Waals surface area contributed by atoms with Crippen molar-refractivity contribution in [2.45, 2.75) is 65.0 Å². The van der Waals surface area contributed by atoms with Crippen LogP contribution < -0.4 is 15.2 Å². The SMILES string of the molecule is CCCC(=O)Oc1ccc(C[C@H](N)C(=O)OC[C@H](C)OC(=O)OC)cc1OC(=O)CCC. The predicted molar refractivity (Wildman–Crippen MR) is 113 cm³/mol. The van der Waals surface area contributed by atoms with Gasteiger partial charge in [0.1, 0.15) is 18.8 Å². The second-order valence-corrected chi connectivity index (χ2v) is 7.05. The normalized spacial score (nSPS) is 12.3. The largest absolute Gasteiger partial charge is 0.508 e. The van der Waals surface area contributed by atoms with Gasteiger partial charge in [-0.15, -0.1) is 0 Å². The average molecular weight is 453 g/mol. The highest BCUT2D eigenvalue weighted by Gasteiger charge is 2.20. The van der Waals surface area contributed by atoms with Crippen LogP contribution in [0.15, 0.2) is 18.2 Å². The summed E-state index contributed by atoms with van der Waals surface area (Å²) in [5.41, 5.74) is 6.49. The number of esters is 3.